The number of hydrogen-bond acceptors (Lipinski definition) is 0. The first-order valence-corrected chi connectivity index (χ1v) is 9.94. The second-order valence-corrected chi connectivity index (χ2v) is 9.18. The van der Waals surface area contributed by atoms with E-state index < -0.39 is 7.92 Å². The van der Waals surface area contributed by atoms with Crippen molar-refractivity contribution in [3.05, 3.63) is 87.3 Å². The van der Waals surface area contributed by atoms with E-state index in [1.165, 1.54) is 21.5 Å². The van der Waals surface area contributed by atoms with Crippen molar-refractivity contribution in [3.63, 3.8) is 0 Å². The molecule has 0 spiro atoms. The van der Waals surface area contributed by atoms with Crippen molar-refractivity contribution < 1.29 is 0 Å². The highest BCUT2D eigenvalue weighted by atomic mass is 79.9. The normalized spacial score (nSPS) is 10.9. The fourth-order valence-electron chi connectivity index (χ4n) is 2.32. The monoisotopic (exact) mass is 432 g/mol. The Balaban J connectivity index is 2.10. The highest BCUT2D eigenvalue weighted by Gasteiger charge is 2.16. The van der Waals surface area contributed by atoms with Crippen LogP contribution in [0.5, 0.6) is 0 Å². The van der Waals surface area contributed by atoms with Crippen molar-refractivity contribution in [1.82, 2.24) is 0 Å². The van der Waals surface area contributed by atoms with Gasteiger partial charge in [0, 0.05) is 8.95 Å². The SMILES string of the molecule is Cc1ccc(P(c2ccc(Br)cc2)c2ccc(Br)cc2)cc1. The van der Waals surface area contributed by atoms with E-state index in [1.807, 2.05) is 0 Å². The molecule has 0 fully saturated rings. The maximum absolute atomic E-state index is 3.53. The molecule has 22 heavy (non-hydrogen) atoms. The highest BCUT2D eigenvalue weighted by molar-refractivity contribution is 9.10. The summed E-state index contributed by atoms with van der Waals surface area (Å²) in [4.78, 5) is 0. The lowest BCUT2D eigenvalue weighted by Crippen LogP contribution is -2.20. The second-order valence-electron chi connectivity index (χ2n) is 5.12. The van der Waals surface area contributed by atoms with Gasteiger partial charge in [0.25, 0.3) is 0 Å². The molecule has 0 aromatic heterocycles. The van der Waals surface area contributed by atoms with E-state index in [-0.39, 0.29) is 0 Å². The third-order valence-electron chi connectivity index (χ3n) is 3.46. The summed E-state index contributed by atoms with van der Waals surface area (Å²) in [5.74, 6) is 0. The van der Waals surface area contributed by atoms with Crippen LogP contribution in [0.15, 0.2) is 81.7 Å². The average molecular weight is 434 g/mol. The van der Waals surface area contributed by atoms with Crippen LogP contribution in [0.2, 0.25) is 0 Å². The maximum Gasteiger partial charge on any atom is 0.0175 e. The minimum absolute atomic E-state index is 0.525. The lowest BCUT2D eigenvalue weighted by atomic mass is 10.2. The Morgan fingerprint density at radius 2 is 0.864 bits per heavy atom. The predicted molar refractivity (Wildman–Crippen MR) is 105 cm³/mol. The topological polar surface area (TPSA) is 0 Å². The van der Waals surface area contributed by atoms with Gasteiger partial charge in [0.05, 0.1) is 0 Å². The molecule has 0 radical (unpaired) electrons. The first kappa shape index (κ1) is 15.9. The molecule has 0 aliphatic rings. The summed E-state index contributed by atoms with van der Waals surface area (Å²) in [5, 5.41) is 4.11. The Hall–Kier alpha value is -0.950. The summed E-state index contributed by atoms with van der Waals surface area (Å²) in [6.45, 7) is 2.13. The van der Waals surface area contributed by atoms with Gasteiger partial charge in [-0.25, -0.2) is 0 Å². The smallest absolute Gasteiger partial charge is 0.0175 e. The molecule has 0 nitrogen and oxygen atoms in total. The van der Waals surface area contributed by atoms with E-state index in [9.17, 15) is 0 Å². The van der Waals surface area contributed by atoms with Crippen LogP contribution in [0.3, 0.4) is 0 Å². The summed E-state index contributed by atoms with van der Waals surface area (Å²) >= 11 is 7.05. The standard InChI is InChI=1S/C19H15Br2P/c1-14-2-8-17(9-3-14)22(18-10-4-15(20)5-11-18)19-12-6-16(21)7-13-19/h2-13H,1H3. The molecule has 3 aromatic carbocycles. The van der Waals surface area contributed by atoms with Crippen molar-refractivity contribution in [2.45, 2.75) is 6.92 Å². The van der Waals surface area contributed by atoms with Gasteiger partial charge in [0.15, 0.2) is 0 Å². The van der Waals surface area contributed by atoms with E-state index in [0.717, 1.165) is 8.95 Å². The van der Waals surface area contributed by atoms with Gasteiger partial charge in [-0.15, -0.1) is 0 Å². The molecule has 0 unspecified atom stereocenters. The molecular weight excluding hydrogens is 419 g/mol. The first-order valence-electron chi connectivity index (χ1n) is 7.01. The van der Waals surface area contributed by atoms with Crippen molar-refractivity contribution in [2.24, 2.45) is 0 Å². The zero-order valence-corrected chi connectivity index (χ0v) is 16.2. The quantitative estimate of drug-likeness (QED) is 0.493. The van der Waals surface area contributed by atoms with Crippen LogP contribution in [-0.4, -0.2) is 0 Å². The van der Waals surface area contributed by atoms with Crippen LogP contribution in [0, 0.1) is 6.92 Å². The molecule has 0 amide bonds. The van der Waals surface area contributed by atoms with Gasteiger partial charge in [0.1, 0.15) is 0 Å². The van der Waals surface area contributed by atoms with Crippen LogP contribution in [-0.2, 0) is 0 Å². The molecule has 3 heteroatoms. The van der Waals surface area contributed by atoms with Gasteiger partial charge >= 0.3 is 0 Å². The second kappa shape index (κ2) is 7.08. The molecule has 0 bridgehead atoms. The van der Waals surface area contributed by atoms with Crippen LogP contribution in [0.4, 0.5) is 0 Å². The van der Waals surface area contributed by atoms with Crippen LogP contribution >= 0.6 is 39.8 Å². The summed E-state index contributed by atoms with van der Waals surface area (Å²) in [5.41, 5.74) is 1.30. The third-order valence-corrected chi connectivity index (χ3v) is 6.96. The summed E-state index contributed by atoms with van der Waals surface area (Å²) in [6, 6.07) is 26.3. The molecular formula is C19H15Br2P. The van der Waals surface area contributed by atoms with Gasteiger partial charge in [-0.3, -0.25) is 0 Å². The van der Waals surface area contributed by atoms with Gasteiger partial charge in [-0.1, -0.05) is 86.0 Å². The van der Waals surface area contributed by atoms with Crippen molar-refractivity contribution in [2.75, 3.05) is 0 Å². The Labute approximate surface area is 149 Å². The van der Waals surface area contributed by atoms with Crippen molar-refractivity contribution in [1.29, 1.82) is 0 Å². The molecule has 0 aliphatic carbocycles. The van der Waals surface area contributed by atoms with Crippen molar-refractivity contribution >= 4 is 55.7 Å². The lowest BCUT2D eigenvalue weighted by Gasteiger charge is -2.19. The van der Waals surface area contributed by atoms with E-state index in [1.54, 1.807) is 0 Å². The zero-order valence-electron chi connectivity index (χ0n) is 12.1. The highest BCUT2D eigenvalue weighted by Crippen LogP contribution is 2.33. The Morgan fingerprint density at radius 3 is 1.23 bits per heavy atom. The first-order chi connectivity index (χ1) is 10.6. The van der Waals surface area contributed by atoms with Crippen LogP contribution < -0.4 is 15.9 Å². The van der Waals surface area contributed by atoms with Gasteiger partial charge in [0.2, 0.25) is 0 Å². The number of benzene rings is 3. The number of hydrogen-bond donors (Lipinski definition) is 0. The van der Waals surface area contributed by atoms with Crippen molar-refractivity contribution in [3.8, 4) is 0 Å². The summed E-state index contributed by atoms with van der Waals surface area (Å²) < 4.78 is 2.23. The van der Waals surface area contributed by atoms with E-state index in [0.29, 0.717) is 0 Å². The molecule has 110 valence electrons. The largest absolute Gasteiger partial charge is 0.0587 e. The fraction of sp³-hybridized carbons (Fsp3) is 0.0526. The molecule has 0 saturated carbocycles. The number of halogens is 2. The Bertz CT molecular complexity index is 639. The van der Waals surface area contributed by atoms with Gasteiger partial charge in [-0.05, 0) is 55.0 Å². The third kappa shape index (κ3) is 3.68. The van der Waals surface area contributed by atoms with E-state index in [4.69, 9.17) is 0 Å². The maximum atomic E-state index is 3.53. The predicted octanol–water partition coefficient (Wildman–Crippen LogP) is 5.28. The number of rotatable bonds is 3. The Morgan fingerprint density at radius 1 is 0.545 bits per heavy atom. The summed E-state index contributed by atoms with van der Waals surface area (Å²) in [7, 11) is -0.525. The molecule has 0 saturated heterocycles. The van der Waals surface area contributed by atoms with Crippen LogP contribution in [0.25, 0.3) is 0 Å². The molecule has 0 heterocycles. The minimum Gasteiger partial charge on any atom is -0.0587 e. The van der Waals surface area contributed by atoms with Crippen LogP contribution in [0.1, 0.15) is 5.56 Å². The lowest BCUT2D eigenvalue weighted by molar-refractivity contribution is 1.49. The zero-order chi connectivity index (χ0) is 15.5. The van der Waals surface area contributed by atoms with E-state index >= 15 is 0 Å². The average Bonchev–Trinajstić information content (AvgIpc) is 2.53. The molecule has 0 N–H and O–H groups in total. The minimum atomic E-state index is -0.525. The Kier molecular flexibility index (Phi) is 5.13. The summed E-state index contributed by atoms with van der Waals surface area (Å²) in [6.07, 6.45) is 0. The van der Waals surface area contributed by atoms with Gasteiger partial charge < -0.3 is 0 Å². The van der Waals surface area contributed by atoms with E-state index in [2.05, 4.69) is 112 Å². The molecule has 0 atom stereocenters. The van der Waals surface area contributed by atoms with Gasteiger partial charge in [-0.2, -0.15) is 0 Å². The molecule has 0 aliphatic heterocycles. The molecule has 3 aromatic rings. The number of aryl methyl sites for hydroxylation is 1. The molecule has 3 rings (SSSR count). The fourth-order valence-corrected chi connectivity index (χ4v) is 5.09.